The SMILES string of the molecule is CN=C(NCCCN1CCCCC1C)NCC(C)C. The number of hydrogen-bond acceptors (Lipinski definition) is 2. The zero-order chi connectivity index (χ0) is 14.1. The molecule has 0 aromatic carbocycles. The number of piperidine rings is 1. The minimum absolute atomic E-state index is 0.646. The van der Waals surface area contributed by atoms with Gasteiger partial charge in [-0.25, -0.2) is 0 Å². The van der Waals surface area contributed by atoms with Crippen molar-refractivity contribution in [2.24, 2.45) is 10.9 Å². The van der Waals surface area contributed by atoms with Gasteiger partial charge in [-0.1, -0.05) is 20.3 Å². The van der Waals surface area contributed by atoms with E-state index in [0.29, 0.717) is 5.92 Å². The lowest BCUT2D eigenvalue weighted by molar-refractivity contribution is 0.159. The number of nitrogens with zero attached hydrogens (tertiary/aromatic N) is 2. The van der Waals surface area contributed by atoms with Crippen LogP contribution in [0.15, 0.2) is 4.99 Å². The Morgan fingerprint density at radius 3 is 2.74 bits per heavy atom. The summed E-state index contributed by atoms with van der Waals surface area (Å²) in [5, 5.41) is 6.73. The van der Waals surface area contributed by atoms with Gasteiger partial charge >= 0.3 is 0 Å². The summed E-state index contributed by atoms with van der Waals surface area (Å²) < 4.78 is 0. The van der Waals surface area contributed by atoms with Crippen molar-refractivity contribution in [3.05, 3.63) is 0 Å². The minimum atomic E-state index is 0.646. The maximum atomic E-state index is 4.24. The summed E-state index contributed by atoms with van der Waals surface area (Å²) in [6.45, 7) is 11.2. The molecule has 1 aliphatic rings. The first kappa shape index (κ1) is 16.3. The fraction of sp³-hybridized carbons (Fsp3) is 0.933. The van der Waals surface area contributed by atoms with Gasteiger partial charge in [0.05, 0.1) is 0 Å². The number of rotatable bonds is 6. The monoisotopic (exact) mass is 268 g/mol. The highest BCUT2D eigenvalue weighted by atomic mass is 15.2. The molecule has 1 heterocycles. The van der Waals surface area contributed by atoms with Crippen LogP contribution >= 0.6 is 0 Å². The van der Waals surface area contributed by atoms with E-state index in [-0.39, 0.29) is 0 Å². The molecule has 1 fully saturated rings. The van der Waals surface area contributed by atoms with Crippen LogP contribution in [0.4, 0.5) is 0 Å². The van der Waals surface area contributed by atoms with Crippen molar-refractivity contribution in [2.75, 3.05) is 33.2 Å². The Morgan fingerprint density at radius 2 is 2.11 bits per heavy atom. The molecule has 1 rings (SSSR count). The largest absolute Gasteiger partial charge is 0.356 e. The molecule has 2 N–H and O–H groups in total. The Hall–Kier alpha value is -0.770. The molecule has 0 bridgehead atoms. The molecule has 0 aromatic rings. The molecule has 112 valence electrons. The Labute approximate surface area is 119 Å². The molecule has 0 saturated carbocycles. The van der Waals surface area contributed by atoms with Gasteiger partial charge in [-0.3, -0.25) is 4.99 Å². The maximum Gasteiger partial charge on any atom is 0.190 e. The molecule has 1 saturated heterocycles. The summed E-state index contributed by atoms with van der Waals surface area (Å²) in [6, 6.07) is 0.770. The van der Waals surface area contributed by atoms with Gasteiger partial charge in [0.25, 0.3) is 0 Å². The molecule has 4 heteroatoms. The van der Waals surface area contributed by atoms with Crippen molar-refractivity contribution in [3.63, 3.8) is 0 Å². The van der Waals surface area contributed by atoms with E-state index in [9.17, 15) is 0 Å². The summed E-state index contributed by atoms with van der Waals surface area (Å²) in [4.78, 5) is 6.86. The Balaban J connectivity index is 2.11. The normalized spacial score (nSPS) is 21.7. The van der Waals surface area contributed by atoms with Gasteiger partial charge in [-0.2, -0.15) is 0 Å². The van der Waals surface area contributed by atoms with Gasteiger partial charge in [-0.15, -0.1) is 0 Å². The lowest BCUT2D eigenvalue weighted by atomic mass is 10.0. The standard InChI is InChI=1S/C15H32N4/c1-13(2)12-18-15(16-4)17-9-7-11-19-10-6-5-8-14(19)3/h13-14H,5-12H2,1-4H3,(H2,16,17,18). The van der Waals surface area contributed by atoms with Gasteiger partial charge in [-0.05, 0) is 38.6 Å². The number of nitrogens with one attached hydrogen (secondary N) is 2. The molecular weight excluding hydrogens is 236 g/mol. The van der Waals surface area contributed by atoms with Crippen molar-refractivity contribution in [3.8, 4) is 0 Å². The summed E-state index contributed by atoms with van der Waals surface area (Å²) in [5.74, 6) is 1.58. The van der Waals surface area contributed by atoms with Gasteiger partial charge in [0.2, 0.25) is 0 Å². The van der Waals surface area contributed by atoms with E-state index in [0.717, 1.165) is 25.1 Å². The average molecular weight is 268 g/mol. The van der Waals surface area contributed by atoms with Crippen LogP contribution in [0.5, 0.6) is 0 Å². The third-order valence-electron chi connectivity index (χ3n) is 3.76. The smallest absolute Gasteiger partial charge is 0.190 e. The molecule has 0 radical (unpaired) electrons. The predicted octanol–water partition coefficient (Wildman–Crippen LogP) is 2.07. The highest BCUT2D eigenvalue weighted by molar-refractivity contribution is 5.79. The number of hydrogen-bond donors (Lipinski definition) is 2. The van der Waals surface area contributed by atoms with Crippen molar-refractivity contribution in [1.82, 2.24) is 15.5 Å². The number of aliphatic imine (C=N–C) groups is 1. The first-order valence-corrected chi connectivity index (χ1v) is 7.82. The Morgan fingerprint density at radius 1 is 1.32 bits per heavy atom. The quantitative estimate of drug-likeness (QED) is 0.440. The van der Waals surface area contributed by atoms with Crippen LogP contribution in [-0.2, 0) is 0 Å². The third kappa shape index (κ3) is 6.81. The van der Waals surface area contributed by atoms with E-state index in [2.05, 4.69) is 41.3 Å². The first-order chi connectivity index (χ1) is 9.13. The van der Waals surface area contributed by atoms with E-state index in [1.54, 1.807) is 0 Å². The van der Waals surface area contributed by atoms with Crippen LogP contribution in [0.3, 0.4) is 0 Å². The predicted molar refractivity (Wildman–Crippen MR) is 83.7 cm³/mol. The Kier molecular flexibility index (Phi) is 7.87. The maximum absolute atomic E-state index is 4.24. The molecule has 1 atom stereocenters. The second-order valence-corrected chi connectivity index (χ2v) is 6.01. The van der Waals surface area contributed by atoms with Crippen LogP contribution in [0.25, 0.3) is 0 Å². The molecular formula is C15H32N4. The third-order valence-corrected chi connectivity index (χ3v) is 3.76. The molecule has 1 unspecified atom stereocenters. The molecule has 4 nitrogen and oxygen atoms in total. The van der Waals surface area contributed by atoms with E-state index in [4.69, 9.17) is 0 Å². The van der Waals surface area contributed by atoms with Crippen LogP contribution in [0, 0.1) is 5.92 Å². The zero-order valence-corrected chi connectivity index (χ0v) is 13.2. The molecule has 0 aliphatic carbocycles. The van der Waals surface area contributed by atoms with Gasteiger partial charge < -0.3 is 15.5 Å². The molecule has 0 spiro atoms. The summed E-state index contributed by atoms with van der Waals surface area (Å²) >= 11 is 0. The second-order valence-electron chi connectivity index (χ2n) is 6.01. The van der Waals surface area contributed by atoms with E-state index >= 15 is 0 Å². The Bertz CT molecular complexity index is 263. The summed E-state index contributed by atoms with van der Waals surface area (Å²) in [6.07, 6.45) is 5.33. The van der Waals surface area contributed by atoms with Gasteiger partial charge in [0, 0.05) is 32.7 Å². The molecule has 1 aliphatic heterocycles. The average Bonchev–Trinajstić information content (AvgIpc) is 2.39. The van der Waals surface area contributed by atoms with Crippen molar-refractivity contribution >= 4 is 5.96 Å². The van der Waals surface area contributed by atoms with Gasteiger partial charge in [0.1, 0.15) is 0 Å². The summed E-state index contributed by atoms with van der Waals surface area (Å²) in [7, 11) is 1.84. The lowest BCUT2D eigenvalue weighted by Crippen LogP contribution is -2.42. The number of guanidine groups is 1. The summed E-state index contributed by atoms with van der Waals surface area (Å²) in [5.41, 5.74) is 0. The van der Waals surface area contributed by atoms with Crippen LogP contribution in [0.2, 0.25) is 0 Å². The lowest BCUT2D eigenvalue weighted by Gasteiger charge is -2.33. The minimum Gasteiger partial charge on any atom is -0.356 e. The van der Waals surface area contributed by atoms with E-state index in [1.807, 2.05) is 7.05 Å². The van der Waals surface area contributed by atoms with E-state index in [1.165, 1.54) is 38.8 Å². The highest BCUT2D eigenvalue weighted by Crippen LogP contribution is 2.15. The van der Waals surface area contributed by atoms with Crippen LogP contribution in [-0.4, -0.2) is 50.1 Å². The van der Waals surface area contributed by atoms with E-state index < -0.39 is 0 Å². The number of likely N-dealkylation sites (tertiary alicyclic amines) is 1. The van der Waals surface area contributed by atoms with Crippen molar-refractivity contribution < 1.29 is 0 Å². The van der Waals surface area contributed by atoms with Gasteiger partial charge in [0.15, 0.2) is 5.96 Å². The van der Waals surface area contributed by atoms with Crippen molar-refractivity contribution in [1.29, 1.82) is 0 Å². The highest BCUT2D eigenvalue weighted by Gasteiger charge is 2.16. The zero-order valence-electron chi connectivity index (χ0n) is 13.2. The second kappa shape index (κ2) is 9.18. The van der Waals surface area contributed by atoms with Crippen LogP contribution < -0.4 is 10.6 Å². The first-order valence-electron chi connectivity index (χ1n) is 7.82. The molecule has 0 amide bonds. The molecule has 19 heavy (non-hydrogen) atoms. The molecule has 0 aromatic heterocycles. The fourth-order valence-electron chi connectivity index (χ4n) is 2.50. The fourth-order valence-corrected chi connectivity index (χ4v) is 2.50. The topological polar surface area (TPSA) is 39.7 Å². The van der Waals surface area contributed by atoms with Crippen LogP contribution in [0.1, 0.15) is 46.5 Å². The van der Waals surface area contributed by atoms with Crippen molar-refractivity contribution in [2.45, 2.75) is 52.5 Å².